The summed E-state index contributed by atoms with van der Waals surface area (Å²) < 4.78 is 5.29. The van der Waals surface area contributed by atoms with Gasteiger partial charge in [0.15, 0.2) is 11.5 Å². The van der Waals surface area contributed by atoms with Gasteiger partial charge in [0.1, 0.15) is 0 Å². The minimum Gasteiger partial charge on any atom is -0.504 e. The zero-order valence-corrected chi connectivity index (χ0v) is 12.0. The lowest BCUT2D eigenvalue weighted by atomic mass is 10.2. The van der Waals surface area contributed by atoms with E-state index in [4.69, 9.17) is 9.84 Å². The van der Waals surface area contributed by atoms with Gasteiger partial charge in [0, 0.05) is 0 Å². The molecule has 2 aromatic rings. The van der Waals surface area contributed by atoms with Gasteiger partial charge in [-0.1, -0.05) is 0 Å². The average Bonchev–Trinajstić information content (AvgIpc) is 2.51. The SMILES string of the molecule is CCOc1cc(C=NNc2ccc(C(=O)O)cc2)ccc1O. The summed E-state index contributed by atoms with van der Waals surface area (Å²) >= 11 is 0. The quantitative estimate of drug-likeness (QED) is 0.563. The first-order chi connectivity index (χ1) is 10.6. The molecule has 0 aliphatic heterocycles. The third-order valence-electron chi connectivity index (χ3n) is 2.82. The third kappa shape index (κ3) is 3.99. The standard InChI is InChI=1S/C16H16N2O4/c1-2-22-15-9-11(3-8-14(15)19)10-17-18-13-6-4-12(5-7-13)16(20)21/h3-10,18-19H,2H2,1H3,(H,20,21). The molecular weight excluding hydrogens is 284 g/mol. The number of benzene rings is 2. The maximum absolute atomic E-state index is 10.7. The Morgan fingerprint density at radius 2 is 2.00 bits per heavy atom. The van der Waals surface area contributed by atoms with Crippen molar-refractivity contribution in [1.29, 1.82) is 0 Å². The van der Waals surface area contributed by atoms with Crippen molar-refractivity contribution in [2.75, 3.05) is 12.0 Å². The lowest BCUT2D eigenvalue weighted by Gasteiger charge is -2.06. The van der Waals surface area contributed by atoms with Gasteiger partial charge in [0.2, 0.25) is 0 Å². The van der Waals surface area contributed by atoms with E-state index in [9.17, 15) is 9.90 Å². The summed E-state index contributed by atoms with van der Waals surface area (Å²) in [6, 6.07) is 11.2. The highest BCUT2D eigenvalue weighted by Crippen LogP contribution is 2.26. The molecule has 0 fully saturated rings. The predicted molar refractivity (Wildman–Crippen MR) is 83.9 cm³/mol. The Morgan fingerprint density at radius 1 is 1.27 bits per heavy atom. The molecule has 6 nitrogen and oxygen atoms in total. The minimum absolute atomic E-state index is 0.0798. The van der Waals surface area contributed by atoms with E-state index in [2.05, 4.69) is 10.5 Å². The van der Waals surface area contributed by atoms with Crippen LogP contribution in [0.5, 0.6) is 11.5 Å². The van der Waals surface area contributed by atoms with E-state index in [-0.39, 0.29) is 11.3 Å². The van der Waals surface area contributed by atoms with E-state index in [1.807, 2.05) is 6.92 Å². The second-order valence-corrected chi connectivity index (χ2v) is 4.41. The number of carboxylic acids is 1. The molecule has 114 valence electrons. The lowest BCUT2D eigenvalue weighted by molar-refractivity contribution is 0.0697. The predicted octanol–water partition coefficient (Wildman–Crippen LogP) is 2.94. The van der Waals surface area contributed by atoms with E-state index < -0.39 is 5.97 Å². The van der Waals surface area contributed by atoms with Crippen LogP contribution >= 0.6 is 0 Å². The fraction of sp³-hybridized carbons (Fsp3) is 0.125. The summed E-state index contributed by atoms with van der Waals surface area (Å²) in [5.41, 5.74) is 4.45. The van der Waals surface area contributed by atoms with E-state index in [1.54, 1.807) is 30.5 Å². The molecule has 3 N–H and O–H groups in total. The molecule has 2 aromatic carbocycles. The Bertz CT molecular complexity index is 681. The van der Waals surface area contributed by atoms with E-state index >= 15 is 0 Å². The zero-order chi connectivity index (χ0) is 15.9. The number of ether oxygens (including phenoxy) is 1. The van der Waals surface area contributed by atoms with Gasteiger partial charge >= 0.3 is 5.97 Å². The lowest BCUT2D eigenvalue weighted by Crippen LogP contribution is -1.97. The average molecular weight is 300 g/mol. The van der Waals surface area contributed by atoms with Crippen molar-refractivity contribution in [3.8, 4) is 11.5 Å². The highest BCUT2D eigenvalue weighted by molar-refractivity contribution is 5.88. The Labute approximate surface area is 127 Å². The highest BCUT2D eigenvalue weighted by Gasteiger charge is 2.02. The molecule has 0 unspecified atom stereocenters. The van der Waals surface area contributed by atoms with Gasteiger partial charge in [0.05, 0.1) is 24.1 Å². The Kier molecular flexibility index (Phi) is 4.98. The number of aromatic carboxylic acids is 1. The van der Waals surface area contributed by atoms with Gasteiger partial charge in [-0.2, -0.15) is 5.10 Å². The second kappa shape index (κ2) is 7.12. The number of carbonyl (C=O) groups is 1. The van der Waals surface area contributed by atoms with Crippen molar-refractivity contribution in [3.63, 3.8) is 0 Å². The number of phenols is 1. The van der Waals surface area contributed by atoms with Gasteiger partial charge in [-0.15, -0.1) is 0 Å². The molecule has 0 aliphatic carbocycles. The molecule has 0 saturated heterocycles. The third-order valence-corrected chi connectivity index (χ3v) is 2.82. The van der Waals surface area contributed by atoms with Crippen LogP contribution < -0.4 is 10.2 Å². The van der Waals surface area contributed by atoms with E-state index in [0.29, 0.717) is 18.0 Å². The second-order valence-electron chi connectivity index (χ2n) is 4.41. The molecule has 0 amide bonds. The number of phenolic OH excluding ortho intramolecular Hbond substituents is 1. The number of hydrazone groups is 1. The molecule has 0 bridgehead atoms. The first-order valence-electron chi connectivity index (χ1n) is 6.68. The smallest absolute Gasteiger partial charge is 0.335 e. The van der Waals surface area contributed by atoms with Crippen molar-refractivity contribution in [1.82, 2.24) is 0 Å². The molecule has 6 heteroatoms. The Balaban J connectivity index is 2.03. The molecule has 0 aromatic heterocycles. The van der Waals surface area contributed by atoms with Crippen molar-refractivity contribution < 1.29 is 19.7 Å². The molecule has 0 spiro atoms. The largest absolute Gasteiger partial charge is 0.504 e. The number of hydrogen-bond acceptors (Lipinski definition) is 5. The van der Waals surface area contributed by atoms with Crippen molar-refractivity contribution in [2.24, 2.45) is 5.10 Å². The van der Waals surface area contributed by atoms with Gasteiger partial charge in [-0.25, -0.2) is 4.79 Å². The fourth-order valence-electron chi connectivity index (χ4n) is 1.75. The summed E-state index contributed by atoms with van der Waals surface area (Å²) in [5, 5.41) is 22.5. The van der Waals surface area contributed by atoms with Gasteiger partial charge in [-0.05, 0) is 55.0 Å². The van der Waals surface area contributed by atoms with Crippen molar-refractivity contribution >= 4 is 17.9 Å². The first-order valence-corrected chi connectivity index (χ1v) is 6.68. The van der Waals surface area contributed by atoms with Crippen LogP contribution in [0.1, 0.15) is 22.8 Å². The molecule has 22 heavy (non-hydrogen) atoms. The van der Waals surface area contributed by atoms with Crippen LogP contribution in [0, 0.1) is 0 Å². The molecule has 0 saturated carbocycles. The van der Waals surface area contributed by atoms with Gasteiger partial charge in [-0.3, -0.25) is 5.43 Å². The number of hydrogen-bond donors (Lipinski definition) is 3. The van der Waals surface area contributed by atoms with Crippen LogP contribution in [0.25, 0.3) is 0 Å². The van der Waals surface area contributed by atoms with E-state index in [1.165, 1.54) is 18.2 Å². The van der Waals surface area contributed by atoms with Crippen LogP contribution in [0.2, 0.25) is 0 Å². The molecule has 0 radical (unpaired) electrons. The summed E-state index contributed by atoms with van der Waals surface area (Å²) in [6.07, 6.45) is 1.58. The normalized spacial score (nSPS) is 10.6. The zero-order valence-electron chi connectivity index (χ0n) is 12.0. The van der Waals surface area contributed by atoms with Crippen LogP contribution in [-0.2, 0) is 0 Å². The first kappa shape index (κ1) is 15.4. The molecule has 0 heterocycles. The summed E-state index contributed by atoms with van der Waals surface area (Å²) in [6.45, 7) is 2.30. The summed E-state index contributed by atoms with van der Waals surface area (Å²) in [4.78, 5) is 10.7. The number of anilines is 1. The van der Waals surface area contributed by atoms with Crippen molar-refractivity contribution in [3.05, 3.63) is 53.6 Å². The molecular formula is C16H16N2O4. The number of rotatable bonds is 6. The van der Waals surface area contributed by atoms with Crippen LogP contribution in [0.15, 0.2) is 47.6 Å². The number of carboxylic acid groups (broad SMARTS) is 1. The Morgan fingerprint density at radius 3 is 2.64 bits per heavy atom. The molecule has 2 rings (SSSR count). The van der Waals surface area contributed by atoms with Crippen LogP contribution in [0.4, 0.5) is 5.69 Å². The summed E-state index contributed by atoms with van der Waals surface area (Å²) in [7, 11) is 0. The monoisotopic (exact) mass is 300 g/mol. The minimum atomic E-state index is -0.970. The number of aromatic hydroxyl groups is 1. The maximum Gasteiger partial charge on any atom is 0.335 e. The van der Waals surface area contributed by atoms with Crippen LogP contribution in [-0.4, -0.2) is 29.0 Å². The number of nitrogens with zero attached hydrogens (tertiary/aromatic N) is 1. The van der Waals surface area contributed by atoms with Gasteiger partial charge in [0.25, 0.3) is 0 Å². The maximum atomic E-state index is 10.7. The van der Waals surface area contributed by atoms with Crippen molar-refractivity contribution in [2.45, 2.75) is 6.92 Å². The topological polar surface area (TPSA) is 91.2 Å². The molecule has 0 aliphatic rings. The van der Waals surface area contributed by atoms with Gasteiger partial charge < -0.3 is 14.9 Å². The molecule has 0 atom stereocenters. The Hall–Kier alpha value is -3.02. The van der Waals surface area contributed by atoms with E-state index in [0.717, 1.165) is 5.56 Å². The number of nitrogens with one attached hydrogen (secondary N) is 1. The highest BCUT2D eigenvalue weighted by atomic mass is 16.5. The summed E-state index contributed by atoms with van der Waals surface area (Å²) in [5.74, 6) is -0.490. The van der Waals surface area contributed by atoms with Crippen LogP contribution in [0.3, 0.4) is 0 Å². The fourth-order valence-corrected chi connectivity index (χ4v) is 1.75.